The second-order valence-corrected chi connectivity index (χ2v) is 17.6. The van der Waals surface area contributed by atoms with Crippen LogP contribution in [0.2, 0.25) is 0 Å². The maximum Gasteiger partial charge on any atom is 0.0490 e. The van der Waals surface area contributed by atoms with Crippen molar-refractivity contribution in [3.05, 3.63) is 226 Å². The summed E-state index contributed by atoms with van der Waals surface area (Å²) in [7, 11) is 0. The van der Waals surface area contributed by atoms with E-state index in [0.29, 0.717) is 0 Å². The Kier molecular flexibility index (Phi) is 8.99. The molecule has 0 saturated carbocycles. The van der Waals surface area contributed by atoms with Crippen LogP contribution in [0, 0.1) is 13.8 Å². The summed E-state index contributed by atoms with van der Waals surface area (Å²) in [6.07, 6.45) is 4.57. The first-order valence-corrected chi connectivity index (χ1v) is 21.2. The molecule has 292 valence electrons. The molecule has 2 aliphatic carbocycles. The molecule has 0 saturated heterocycles. The Morgan fingerprint density at radius 1 is 0.333 bits per heavy atom. The van der Waals surface area contributed by atoms with Crippen molar-refractivity contribution in [2.24, 2.45) is 0 Å². The fourth-order valence-corrected chi connectivity index (χ4v) is 9.80. The molecule has 60 heavy (non-hydrogen) atoms. The molecule has 2 aliphatic rings. The third-order valence-electron chi connectivity index (χ3n) is 13.1. The predicted octanol–water partition coefficient (Wildman–Crippen LogP) is 16.0. The minimum Gasteiger partial charge on any atom is -0.310 e. The first-order chi connectivity index (χ1) is 29.1. The van der Waals surface area contributed by atoms with Gasteiger partial charge in [0.1, 0.15) is 0 Å². The fourth-order valence-electron chi connectivity index (χ4n) is 9.80. The van der Waals surface area contributed by atoms with Crippen LogP contribution in [0.25, 0.3) is 34.4 Å². The summed E-state index contributed by atoms with van der Waals surface area (Å²) in [4.78, 5) is 4.78. The molecule has 0 bridgehead atoms. The Morgan fingerprint density at radius 3 is 1.05 bits per heavy atom. The first kappa shape index (κ1) is 37.4. The highest BCUT2D eigenvalue weighted by atomic mass is 15.1. The normalized spacial score (nSPS) is 14.0. The lowest BCUT2D eigenvalue weighted by molar-refractivity contribution is 0.660. The lowest BCUT2D eigenvalue weighted by Gasteiger charge is -2.29. The summed E-state index contributed by atoms with van der Waals surface area (Å²) in [6.45, 7) is 13.9. The van der Waals surface area contributed by atoms with Crippen molar-refractivity contribution in [2.45, 2.75) is 52.4 Å². The lowest BCUT2D eigenvalue weighted by atomic mass is 9.81. The molecule has 0 radical (unpaired) electrons. The van der Waals surface area contributed by atoms with Crippen LogP contribution in [0.3, 0.4) is 0 Å². The standard InChI is InChI=1S/C58H50N2/c1-39-17-13-15-23-55(39)59(43-19-9-7-10-20-43)45-29-33-49-47-31-27-41(35-51(47)57(3,4)53(49)37-45)25-26-42-28-32-48-50-34-30-46(38-54(50)58(5,6)52(48)36-42)60(44-21-11-8-12-22-44)56-24-16-14-18-40(56)2/h7-38H,1-6H3. The van der Waals surface area contributed by atoms with E-state index in [1.54, 1.807) is 0 Å². The minimum atomic E-state index is -0.157. The van der Waals surface area contributed by atoms with Gasteiger partial charge in [-0.25, -0.2) is 0 Å². The molecule has 10 rings (SSSR count). The highest BCUT2D eigenvalue weighted by molar-refractivity contribution is 5.89. The number of hydrogen-bond acceptors (Lipinski definition) is 2. The highest BCUT2D eigenvalue weighted by Gasteiger charge is 2.37. The second-order valence-electron chi connectivity index (χ2n) is 17.6. The van der Waals surface area contributed by atoms with Crippen LogP contribution in [0.1, 0.15) is 72.2 Å². The number of aryl methyl sites for hydroxylation is 2. The van der Waals surface area contributed by atoms with E-state index in [-0.39, 0.29) is 10.8 Å². The third-order valence-corrected chi connectivity index (χ3v) is 13.1. The number of rotatable bonds is 8. The Balaban J connectivity index is 0.948. The topological polar surface area (TPSA) is 6.48 Å². The van der Waals surface area contributed by atoms with Crippen molar-refractivity contribution in [2.75, 3.05) is 9.80 Å². The predicted molar refractivity (Wildman–Crippen MR) is 256 cm³/mol. The molecule has 0 amide bonds. The molecule has 2 heteroatoms. The van der Waals surface area contributed by atoms with Crippen molar-refractivity contribution in [3.8, 4) is 22.3 Å². The molecule has 0 aliphatic heterocycles. The van der Waals surface area contributed by atoms with Gasteiger partial charge in [-0.05, 0) is 141 Å². The molecule has 0 fully saturated rings. The van der Waals surface area contributed by atoms with Gasteiger partial charge in [0.25, 0.3) is 0 Å². The zero-order chi connectivity index (χ0) is 41.2. The average Bonchev–Trinajstić information content (AvgIpc) is 3.63. The maximum atomic E-state index is 2.42. The second kappa shape index (κ2) is 14.4. The Labute approximate surface area is 355 Å². The van der Waals surface area contributed by atoms with E-state index in [4.69, 9.17) is 0 Å². The van der Waals surface area contributed by atoms with E-state index < -0.39 is 0 Å². The van der Waals surface area contributed by atoms with Gasteiger partial charge in [0.05, 0.1) is 0 Å². The van der Waals surface area contributed by atoms with Crippen LogP contribution in [0.5, 0.6) is 0 Å². The monoisotopic (exact) mass is 774 g/mol. The fraction of sp³-hybridized carbons (Fsp3) is 0.138. The van der Waals surface area contributed by atoms with E-state index in [1.807, 2.05) is 0 Å². The van der Waals surface area contributed by atoms with Gasteiger partial charge in [-0.1, -0.05) is 161 Å². The van der Waals surface area contributed by atoms with Crippen LogP contribution in [0.15, 0.2) is 182 Å². The van der Waals surface area contributed by atoms with Crippen LogP contribution in [0.4, 0.5) is 34.1 Å². The van der Waals surface area contributed by atoms with Gasteiger partial charge < -0.3 is 9.80 Å². The molecule has 0 spiro atoms. The van der Waals surface area contributed by atoms with Gasteiger partial charge in [0, 0.05) is 45.0 Å². The van der Waals surface area contributed by atoms with Crippen molar-refractivity contribution < 1.29 is 0 Å². The van der Waals surface area contributed by atoms with E-state index in [2.05, 4.69) is 245 Å². The largest absolute Gasteiger partial charge is 0.310 e. The average molecular weight is 775 g/mol. The van der Waals surface area contributed by atoms with E-state index >= 15 is 0 Å². The Hall–Kier alpha value is -6.90. The number of hydrogen-bond donors (Lipinski definition) is 0. The number of benzene rings is 8. The van der Waals surface area contributed by atoms with Crippen LogP contribution >= 0.6 is 0 Å². The van der Waals surface area contributed by atoms with Crippen molar-refractivity contribution in [1.82, 2.24) is 0 Å². The van der Waals surface area contributed by atoms with Crippen LogP contribution in [-0.4, -0.2) is 0 Å². The zero-order valence-electron chi connectivity index (χ0n) is 35.4. The number of nitrogens with zero attached hydrogens (tertiary/aromatic N) is 2. The van der Waals surface area contributed by atoms with Crippen molar-refractivity contribution in [3.63, 3.8) is 0 Å². The Bertz CT molecular complexity index is 2750. The van der Waals surface area contributed by atoms with Crippen LogP contribution in [-0.2, 0) is 10.8 Å². The first-order valence-electron chi connectivity index (χ1n) is 21.2. The van der Waals surface area contributed by atoms with E-state index in [0.717, 1.165) is 11.4 Å². The molecule has 2 nitrogen and oxygen atoms in total. The SMILES string of the molecule is Cc1ccccc1N(c1ccccc1)c1ccc2c(c1)C(C)(C)c1cc(C=Cc3ccc4c(c3)C(C)(C)c3cc(N(c5ccccc5)c5ccccc5C)ccc3-4)ccc1-2. The molecule has 8 aromatic carbocycles. The summed E-state index contributed by atoms with van der Waals surface area (Å²) in [5, 5.41) is 0. The van der Waals surface area contributed by atoms with Crippen molar-refractivity contribution >= 4 is 46.3 Å². The summed E-state index contributed by atoms with van der Waals surface area (Å²) < 4.78 is 0. The van der Waals surface area contributed by atoms with Gasteiger partial charge in [-0.2, -0.15) is 0 Å². The molecule has 0 heterocycles. The van der Waals surface area contributed by atoms with E-state index in [1.165, 1.54) is 89.5 Å². The number of fused-ring (bicyclic) bond motifs is 6. The van der Waals surface area contributed by atoms with E-state index in [9.17, 15) is 0 Å². The maximum absolute atomic E-state index is 2.42. The summed E-state index contributed by atoms with van der Waals surface area (Å²) in [6, 6.07) is 66.8. The Morgan fingerprint density at radius 2 is 0.667 bits per heavy atom. The van der Waals surface area contributed by atoms with Crippen LogP contribution < -0.4 is 9.80 Å². The molecule has 0 N–H and O–H groups in total. The van der Waals surface area contributed by atoms with Gasteiger partial charge >= 0.3 is 0 Å². The molecular formula is C58H50N2. The summed E-state index contributed by atoms with van der Waals surface area (Å²) >= 11 is 0. The lowest BCUT2D eigenvalue weighted by Crippen LogP contribution is -2.17. The summed E-state index contributed by atoms with van der Waals surface area (Å²) in [5.41, 5.74) is 22.4. The third kappa shape index (κ3) is 6.18. The quantitative estimate of drug-likeness (QED) is 0.142. The summed E-state index contributed by atoms with van der Waals surface area (Å²) in [5.74, 6) is 0. The molecule has 0 aromatic heterocycles. The van der Waals surface area contributed by atoms with Crippen molar-refractivity contribution in [1.29, 1.82) is 0 Å². The molecule has 0 unspecified atom stereocenters. The zero-order valence-corrected chi connectivity index (χ0v) is 35.4. The van der Waals surface area contributed by atoms with Gasteiger partial charge in [-0.3, -0.25) is 0 Å². The van der Waals surface area contributed by atoms with Gasteiger partial charge in [0.15, 0.2) is 0 Å². The number of anilines is 6. The molecule has 8 aromatic rings. The molecular weight excluding hydrogens is 725 g/mol. The highest BCUT2D eigenvalue weighted by Crippen LogP contribution is 2.53. The van der Waals surface area contributed by atoms with Gasteiger partial charge in [0.2, 0.25) is 0 Å². The minimum absolute atomic E-state index is 0.157. The smallest absolute Gasteiger partial charge is 0.0490 e. The molecule has 0 atom stereocenters. The number of para-hydroxylation sites is 4. The van der Waals surface area contributed by atoms with Gasteiger partial charge in [-0.15, -0.1) is 0 Å².